The van der Waals surface area contributed by atoms with Crippen molar-refractivity contribution < 1.29 is 19.4 Å². The number of benzene rings is 2. The van der Waals surface area contributed by atoms with E-state index in [0.717, 1.165) is 0 Å². The first-order valence-corrected chi connectivity index (χ1v) is 6.87. The molecule has 0 aliphatic rings. The Balaban J connectivity index is 1.95. The zero-order chi connectivity index (χ0) is 16.1. The number of hydrogen-bond acceptors (Lipinski definition) is 4. The third-order valence-corrected chi connectivity index (χ3v) is 3.27. The Labute approximate surface area is 132 Å². The van der Waals surface area contributed by atoms with Gasteiger partial charge in [0.25, 0.3) is 5.91 Å². The van der Waals surface area contributed by atoms with Gasteiger partial charge in [-0.05, 0) is 30.7 Å². The first-order chi connectivity index (χ1) is 10.5. The molecule has 0 spiro atoms. The van der Waals surface area contributed by atoms with Crippen LogP contribution in [-0.4, -0.2) is 23.6 Å². The van der Waals surface area contributed by atoms with Gasteiger partial charge in [-0.15, -0.1) is 0 Å². The highest BCUT2D eigenvalue weighted by molar-refractivity contribution is 6.33. The van der Waals surface area contributed by atoms with Gasteiger partial charge in [-0.25, -0.2) is 4.79 Å². The van der Waals surface area contributed by atoms with E-state index in [2.05, 4.69) is 5.32 Å². The molecule has 0 bridgehead atoms. The molecule has 0 radical (unpaired) electrons. The second kappa shape index (κ2) is 6.95. The monoisotopic (exact) mass is 319 g/mol. The average molecular weight is 320 g/mol. The van der Waals surface area contributed by atoms with E-state index in [0.29, 0.717) is 16.3 Å². The van der Waals surface area contributed by atoms with Gasteiger partial charge in [0.05, 0.1) is 10.7 Å². The second-order valence-corrected chi connectivity index (χ2v) is 4.98. The van der Waals surface area contributed by atoms with Gasteiger partial charge in [0, 0.05) is 0 Å². The van der Waals surface area contributed by atoms with Crippen molar-refractivity contribution in [2.24, 2.45) is 0 Å². The standard InChI is InChI=1S/C16H14ClNO4/c1-10-5-4-6-11(15(10)20)16(21)22-9-14(19)18-13-8-3-2-7-12(13)17/h2-8,20H,9H2,1H3,(H,18,19). The van der Waals surface area contributed by atoms with E-state index in [9.17, 15) is 14.7 Å². The van der Waals surface area contributed by atoms with Crippen LogP contribution in [0.4, 0.5) is 5.69 Å². The van der Waals surface area contributed by atoms with E-state index in [1.54, 1.807) is 43.3 Å². The summed E-state index contributed by atoms with van der Waals surface area (Å²) in [6, 6.07) is 11.4. The van der Waals surface area contributed by atoms with E-state index in [1.165, 1.54) is 6.07 Å². The minimum Gasteiger partial charge on any atom is -0.507 e. The van der Waals surface area contributed by atoms with Gasteiger partial charge in [0.15, 0.2) is 6.61 Å². The van der Waals surface area contributed by atoms with Crippen molar-refractivity contribution in [1.29, 1.82) is 0 Å². The number of esters is 1. The maximum Gasteiger partial charge on any atom is 0.342 e. The molecular weight excluding hydrogens is 306 g/mol. The third kappa shape index (κ3) is 3.77. The molecular formula is C16H14ClNO4. The summed E-state index contributed by atoms with van der Waals surface area (Å²) in [5.41, 5.74) is 1.00. The lowest BCUT2D eigenvalue weighted by atomic mass is 10.1. The van der Waals surface area contributed by atoms with Gasteiger partial charge < -0.3 is 15.2 Å². The highest BCUT2D eigenvalue weighted by Gasteiger charge is 2.15. The second-order valence-electron chi connectivity index (χ2n) is 4.58. The molecule has 2 aromatic rings. The smallest absolute Gasteiger partial charge is 0.342 e. The number of halogens is 1. The van der Waals surface area contributed by atoms with Gasteiger partial charge >= 0.3 is 5.97 Å². The fourth-order valence-electron chi connectivity index (χ4n) is 1.78. The molecule has 2 N–H and O–H groups in total. The Hall–Kier alpha value is -2.53. The molecule has 0 aliphatic carbocycles. The summed E-state index contributed by atoms with van der Waals surface area (Å²) in [6.45, 7) is 1.19. The molecule has 114 valence electrons. The molecule has 0 heterocycles. The minimum absolute atomic E-state index is 0.0190. The number of carbonyl (C=O) groups is 2. The van der Waals surface area contributed by atoms with E-state index < -0.39 is 18.5 Å². The SMILES string of the molecule is Cc1cccc(C(=O)OCC(=O)Nc2ccccc2Cl)c1O. The van der Waals surface area contributed by atoms with Crippen LogP contribution in [0.2, 0.25) is 5.02 Å². The van der Waals surface area contributed by atoms with Crippen molar-refractivity contribution >= 4 is 29.2 Å². The lowest BCUT2D eigenvalue weighted by molar-refractivity contribution is -0.119. The number of rotatable bonds is 4. The van der Waals surface area contributed by atoms with Crippen LogP contribution in [0.5, 0.6) is 5.75 Å². The molecule has 0 saturated carbocycles. The number of phenols is 1. The lowest BCUT2D eigenvalue weighted by Crippen LogP contribution is -2.21. The number of nitrogens with one attached hydrogen (secondary N) is 1. The van der Waals surface area contributed by atoms with E-state index in [-0.39, 0.29) is 11.3 Å². The predicted octanol–water partition coefficient (Wildman–Crippen LogP) is 3.15. The number of hydrogen-bond donors (Lipinski definition) is 2. The van der Waals surface area contributed by atoms with Crippen LogP contribution in [0.25, 0.3) is 0 Å². The number of anilines is 1. The Bertz CT molecular complexity index is 715. The number of phenolic OH excluding ortho intramolecular Hbond substituents is 1. The first-order valence-electron chi connectivity index (χ1n) is 6.49. The van der Waals surface area contributed by atoms with Gasteiger partial charge in [0.1, 0.15) is 11.3 Å². The summed E-state index contributed by atoms with van der Waals surface area (Å²) < 4.78 is 4.88. The summed E-state index contributed by atoms with van der Waals surface area (Å²) in [5.74, 6) is -1.44. The third-order valence-electron chi connectivity index (χ3n) is 2.94. The van der Waals surface area contributed by atoms with Crippen LogP contribution in [0.15, 0.2) is 42.5 Å². The lowest BCUT2D eigenvalue weighted by Gasteiger charge is -2.09. The number of carbonyl (C=O) groups excluding carboxylic acids is 2. The molecule has 22 heavy (non-hydrogen) atoms. The summed E-state index contributed by atoms with van der Waals surface area (Å²) >= 11 is 5.91. The Morgan fingerprint density at radius 1 is 1.18 bits per heavy atom. The molecule has 0 unspecified atom stereocenters. The van der Waals surface area contributed by atoms with Crippen LogP contribution in [0.3, 0.4) is 0 Å². The molecule has 0 atom stereocenters. The molecule has 2 aromatic carbocycles. The number of para-hydroxylation sites is 2. The molecule has 0 saturated heterocycles. The maximum atomic E-state index is 11.9. The van der Waals surface area contributed by atoms with Crippen molar-refractivity contribution in [3.8, 4) is 5.75 Å². The minimum atomic E-state index is -0.768. The topological polar surface area (TPSA) is 75.6 Å². The van der Waals surface area contributed by atoms with Crippen LogP contribution < -0.4 is 5.32 Å². The average Bonchev–Trinajstić information content (AvgIpc) is 2.50. The van der Waals surface area contributed by atoms with Crippen LogP contribution >= 0.6 is 11.6 Å². The van der Waals surface area contributed by atoms with Crippen LogP contribution in [0.1, 0.15) is 15.9 Å². The van der Waals surface area contributed by atoms with Crippen molar-refractivity contribution in [3.05, 3.63) is 58.6 Å². The Morgan fingerprint density at radius 3 is 2.64 bits per heavy atom. The molecule has 1 amide bonds. The molecule has 2 rings (SSSR count). The Kier molecular flexibility index (Phi) is 5.01. The van der Waals surface area contributed by atoms with Crippen LogP contribution in [0, 0.1) is 6.92 Å². The summed E-state index contributed by atoms with van der Waals surface area (Å²) in [5, 5.41) is 12.7. The normalized spacial score (nSPS) is 10.1. The van der Waals surface area contributed by atoms with E-state index in [1.807, 2.05) is 0 Å². The number of ether oxygens (including phenoxy) is 1. The zero-order valence-electron chi connectivity index (χ0n) is 11.8. The zero-order valence-corrected chi connectivity index (χ0v) is 12.6. The van der Waals surface area contributed by atoms with Gasteiger partial charge in [-0.1, -0.05) is 35.9 Å². The fourth-order valence-corrected chi connectivity index (χ4v) is 1.96. The first kappa shape index (κ1) is 15.9. The van der Waals surface area contributed by atoms with Gasteiger partial charge in [0.2, 0.25) is 0 Å². The van der Waals surface area contributed by atoms with Crippen LogP contribution in [-0.2, 0) is 9.53 Å². The summed E-state index contributed by atoms with van der Waals surface area (Å²) in [4.78, 5) is 23.6. The van der Waals surface area contributed by atoms with Crippen molar-refractivity contribution in [1.82, 2.24) is 0 Å². The Morgan fingerprint density at radius 2 is 1.91 bits per heavy atom. The maximum absolute atomic E-state index is 11.9. The largest absolute Gasteiger partial charge is 0.507 e. The van der Waals surface area contributed by atoms with Crippen molar-refractivity contribution in [3.63, 3.8) is 0 Å². The van der Waals surface area contributed by atoms with E-state index >= 15 is 0 Å². The number of aryl methyl sites for hydroxylation is 1. The summed E-state index contributed by atoms with van der Waals surface area (Å²) in [7, 11) is 0. The quantitative estimate of drug-likeness (QED) is 0.849. The molecule has 6 heteroatoms. The summed E-state index contributed by atoms with van der Waals surface area (Å²) in [6.07, 6.45) is 0. The van der Waals surface area contributed by atoms with Crippen molar-refractivity contribution in [2.45, 2.75) is 6.92 Å². The predicted molar refractivity (Wildman–Crippen MR) is 83.2 cm³/mol. The fraction of sp³-hybridized carbons (Fsp3) is 0.125. The highest BCUT2D eigenvalue weighted by atomic mass is 35.5. The number of amides is 1. The molecule has 0 fully saturated rings. The highest BCUT2D eigenvalue weighted by Crippen LogP contribution is 2.22. The number of aromatic hydroxyl groups is 1. The van der Waals surface area contributed by atoms with E-state index in [4.69, 9.17) is 16.3 Å². The molecule has 5 nitrogen and oxygen atoms in total. The molecule has 0 aromatic heterocycles. The van der Waals surface area contributed by atoms with Gasteiger partial charge in [-0.2, -0.15) is 0 Å². The van der Waals surface area contributed by atoms with Crippen molar-refractivity contribution in [2.75, 3.05) is 11.9 Å². The van der Waals surface area contributed by atoms with Gasteiger partial charge in [-0.3, -0.25) is 4.79 Å². The molecule has 0 aliphatic heterocycles.